The molecule has 3 rings (SSSR count). The van der Waals surface area contributed by atoms with Gasteiger partial charge in [-0.2, -0.15) is 0 Å². The lowest BCUT2D eigenvalue weighted by molar-refractivity contribution is 0.380. The van der Waals surface area contributed by atoms with E-state index in [2.05, 4.69) is 44.6 Å². The second kappa shape index (κ2) is 7.99. The van der Waals surface area contributed by atoms with Crippen LogP contribution in [-0.4, -0.2) is 53.2 Å². The summed E-state index contributed by atoms with van der Waals surface area (Å²) in [6.45, 7) is 4.06. The number of nitrogens with zero attached hydrogens (tertiary/aromatic N) is 5. The van der Waals surface area contributed by atoms with Crippen LogP contribution >= 0.6 is 11.6 Å². The van der Waals surface area contributed by atoms with Crippen molar-refractivity contribution >= 4 is 17.4 Å². The number of pyridine rings is 1. The molecule has 2 aromatic rings. The summed E-state index contributed by atoms with van der Waals surface area (Å²) in [7, 11) is 4.23. The molecular formula is C18H26ClN5. The maximum absolute atomic E-state index is 6.33. The number of hydrogen-bond acceptors (Lipinski definition) is 4. The van der Waals surface area contributed by atoms with Gasteiger partial charge in [0.2, 0.25) is 0 Å². The van der Waals surface area contributed by atoms with Gasteiger partial charge in [-0.25, -0.2) is 9.97 Å². The molecule has 24 heavy (non-hydrogen) atoms. The zero-order valence-electron chi connectivity index (χ0n) is 14.5. The van der Waals surface area contributed by atoms with E-state index in [4.69, 9.17) is 11.6 Å². The van der Waals surface area contributed by atoms with Crippen LogP contribution in [0.25, 0.3) is 0 Å². The minimum atomic E-state index is 0.436. The second-order valence-electron chi connectivity index (χ2n) is 6.73. The molecule has 1 atom stereocenters. The van der Waals surface area contributed by atoms with Gasteiger partial charge < -0.3 is 14.4 Å². The number of piperidine rings is 1. The maximum Gasteiger partial charge on any atom is 0.147 e. The fourth-order valence-corrected chi connectivity index (χ4v) is 3.66. The van der Waals surface area contributed by atoms with Gasteiger partial charge in [-0.3, -0.25) is 0 Å². The van der Waals surface area contributed by atoms with Gasteiger partial charge in [0.25, 0.3) is 0 Å². The molecule has 0 amide bonds. The van der Waals surface area contributed by atoms with Gasteiger partial charge in [0.1, 0.15) is 11.6 Å². The molecule has 0 aliphatic carbocycles. The summed E-state index contributed by atoms with van der Waals surface area (Å²) >= 11 is 6.33. The van der Waals surface area contributed by atoms with Crippen LogP contribution < -0.4 is 4.90 Å². The zero-order chi connectivity index (χ0) is 16.9. The summed E-state index contributed by atoms with van der Waals surface area (Å²) in [6, 6.07) is 3.79. The smallest absolute Gasteiger partial charge is 0.147 e. The Bertz CT molecular complexity index is 654. The maximum atomic E-state index is 6.33. The van der Waals surface area contributed by atoms with E-state index in [9.17, 15) is 0 Å². The van der Waals surface area contributed by atoms with Crippen LogP contribution in [0.5, 0.6) is 0 Å². The largest absolute Gasteiger partial charge is 0.355 e. The monoisotopic (exact) mass is 347 g/mol. The van der Waals surface area contributed by atoms with Crippen LogP contribution in [-0.2, 0) is 6.54 Å². The molecule has 2 aromatic heterocycles. The van der Waals surface area contributed by atoms with Crippen LogP contribution in [0.3, 0.4) is 0 Å². The van der Waals surface area contributed by atoms with E-state index in [1.807, 2.05) is 24.5 Å². The lowest BCUT2D eigenvalue weighted by Gasteiger charge is -2.34. The van der Waals surface area contributed by atoms with Gasteiger partial charge in [0.15, 0.2) is 0 Å². The average Bonchev–Trinajstić information content (AvgIpc) is 3.03. The highest BCUT2D eigenvalue weighted by Crippen LogP contribution is 2.31. The van der Waals surface area contributed by atoms with Crippen LogP contribution in [0.2, 0.25) is 5.02 Å². The molecule has 1 aliphatic heterocycles. The first-order chi connectivity index (χ1) is 11.6. The van der Waals surface area contributed by atoms with E-state index in [0.29, 0.717) is 5.92 Å². The minimum absolute atomic E-state index is 0.436. The molecule has 0 bridgehead atoms. The predicted octanol–water partition coefficient (Wildman–Crippen LogP) is 3.27. The first kappa shape index (κ1) is 17.2. The van der Waals surface area contributed by atoms with Crippen LogP contribution in [0.1, 0.15) is 31.0 Å². The third kappa shape index (κ3) is 4.08. The normalized spacial score (nSPS) is 18.3. The number of hydrogen-bond donors (Lipinski definition) is 0. The van der Waals surface area contributed by atoms with Gasteiger partial charge in [-0.15, -0.1) is 0 Å². The van der Waals surface area contributed by atoms with Gasteiger partial charge >= 0.3 is 0 Å². The number of aromatic nitrogens is 3. The molecule has 0 radical (unpaired) electrons. The van der Waals surface area contributed by atoms with Crippen molar-refractivity contribution in [3.63, 3.8) is 0 Å². The van der Waals surface area contributed by atoms with Crippen molar-refractivity contribution in [3.05, 3.63) is 41.6 Å². The lowest BCUT2D eigenvalue weighted by atomic mass is 9.97. The molecule has 0 unspecified atom stereocenters. The minimum Gasteiger partial charge on any atom is -0.355 e. The molecule has 3 heterocycles. The fraction of sp³-hybridized carbons (Fsp3) is 0.556. The van der Waals surface area contributed by atoms with E-state index < -0.39 is 0 Å². The van der Waals surface area contributed by atoms with Gasteiger partial charge in [0.05, 0.1) is 5.02 Å². The average molecular weight is 348 g/mol. The molecule has 0 aromatic carbocycles. The number of aryl methyl sites for hydroxylation is 1. The molecule has 1 saturated heterocycles. The first-order valence-corrected chi connectivity index (χ1v) is 9.04. The molecule has 0 saturated carbocycles. The Morgan fingerprint density at radius 2 is 2.17 bits per heavy atom. The summed E-state index contributed by atoms with van der Waals surface area (Å²) in [5, 5.41) is 0.729. The van der Waals surface area contributed by atoms with Crippen molar-refractivity contribution in [2.45, 2.75) is 31.7 Å². The van der Waals surface area contributed by atoms with E-state index in [1.54, 1.807) is 0 Å². The Balaban J connectivity index is 1.69. The van der Waals surface area contributed by atoms with E-state index in [-0.39, 0.29) is 0 Å². The predicted molar refractivity (Wildman–Crippen MR) is 98.8 cm³/mol. The Morgan fingerprint density at radius 3 is 2.96 bits per heavy atom. The van der Waals surface area contributed by atoms with Crippen molar-refractivity contribution in [2.24, 2.45) is 0 Å². The number of rotatable bonds is 6. The summed E-state index contributed by atoms with van der Waals surface area (Å²) in [5.41, 5.74) is 0. The SMILES string of the molecule is CN(C)CCCn1ccnc1[C@H]1CCCN(c2ncccc2Cl)C1. The second-order valence-corrected chi connectivity index (χ2v) is 7.14. The quantitative estimate of drug-likeness (QED) is 0.803. The Hall–Kier alpha value is -1.59. The standard InChI is InChI=1S/C18H26ClN5/c1-22(2)10-5-12-23-13-9-21-17(23)15-6-4-11-24(14-15)18-16(19)7-3-8-20-18/h3,7-9,13,15H,4-6,10-12,14H2,1-2H3/t15-/m0/s1. The highest BCUT2D eigenvalue weighted by atomic mass is 35.5. The Kier molecular flexibility index (Phi) is 5.74. The van der Waals surface area contributed by atoms with Crippen molar-refractivity contribution in [2.75, 3.05) is 38.6 Å². The topological polar surface area (TPSA) is 37.2 Å². The number of imidazole rings is 1. The summed E-state index contributed by atoms with van der Waals surface area (Å²) in [6.07, 6.45) is 9.30. The van der Waals surface area contributed by atoms with Crippen LogP contribution in [0.15, 0.2) is 30.7 Å². The van der Waals surface area contributed by atoms with E-state index in [1.165, 1.54) is 12.2 Å². The number of halogens is 1. The van der Waals surface area contributed by atoms with Crippen molar-refractivity contribution in [1.29, 1.82) is 0 Å². The first-order valence-electron chi connectivity index (χ1n) is 8.66. The molecule has 0 N–H and O–H groups in total. The lowest BCUT2D eigenvalue weighted by Crippen LogP contribution is -2.36. The van der Waals surface area contributed by atoms with Crippen molar-refractivity contribution in [3.8, 4) is 0 Å². The van der Waals surface area contributed by atoms with Gasteiger partial charge in [-0.05, 0) is 52.0 Å². The summed E-state index contributed by atoms with van der Waals surface area (Å²) in [4.78, 5) is 13.7. The molecule has 0 spiro atoms. The zero-order valence-corrected chi connectivity index (χ0v) is 15.3. The highest BCUT2D eigenvalue weighted by Gasteiger charge is 2.26. The van der Waals surface area contributed by atoms with Crippen LogP contribution in [0.4, 0.5) is 5.82 Å². The third-order valence-electron chi connectivity index (χ3n) is 4.58. The molecule has 1 fully saturated rings. The van der Waals surface area contributed by atoms with Crippen LogP contribution in [0, 0.1) is 0 Å². The Labute approximate surface area is 149 Å². The van der Waals surface area contributed by atoms with Crippen molar-refractivity contribution in [1.82, 2.24) is 19.4 Å². The van der Waals surface area contributed by atoms with Gasteiger partial charge in [-0.1, -0.05) is 11.6 Å². The molecular weight excluding hydrogens is 322 g/mol. The number of anilines is 1. The van der Waals surface area contributed by atoms with Crippen molar-refractivity contribution < 1.29 is 0 Å². The third-order valence-corrected chi connectivity index (χ3v) is 4.87. The molecule has 5 nitrogen and oxygen atoms in total. The van der Waals surface area contributed by atoms with E-state index >= 15 is 0 Å². The Morgan fingerprint density at radius 1 is 1.29 bits per heavy atom. The molecule has 1 aliphatic rings. The molecule has 130 valence electrons. The molecule has 6 heteroatoms. The highest BCUT2D eigenvalue weighted by molar-refractivity contribution is 6.32. The summed E-state index contributed by atoms with van der Waals surface area (Å²) in [5.74, 6) is 2.53. The fourth-order valence-electron chi connectivity index (χ4n) is 3.42. The van der Waals surface area contributed by atoms with E-state index in [0.717, 1.165) is 49.9 Å². The summed E-state index contributed by atoms with van der Waals surface area (Å²) < 4.78 is 2.32. The van der Waals surface area contributed by atoms with Gasteiger partial charge in [0, 0.05) is 44.1 Å².